The molecule has 0 aliphatic carbocycles. The van der Waals surface area contributed by atoms with E-state index in [0.717, 1.165) is 18.2 Å². The molecule has 90 valence electrons. The van der Waals surface area contributed by atoms with E-state index in [9.17, 15) is 22.4 Å². The van der Waals surface area contributed by atoms with Crippen LogP contribution in [0.1, 0.15) is 16.1 Å². The zero-order chi connectivity index (χ0) is 12.8. The number of aromatic amines is 1. The standard InChI is InChI=1S/C10H5F4NO2/c11-4-1-2-6-5(3-4)7(9(16)17)8(15-6)10(12,13)14/h1-3,15H,(H,16,17). The molecular weight excluding hydrogens is 242 g/mol. The summed E-state index contributed by atoms with van der Waals surface area (Å²) in [6.07, 6.45) is -4.83. The summed E-state index contributed by atoms with van der Waals surface area (Å²) in [4.78, 5) is 12.8. The molecule has 0 aliphatic heterocycles. The minimum absolute atomic E-state index is 0.0730. The van der Waals surface area contributed by atoms with E-state index < -0.39 is 29.2 Å². The molecule has 1 heterocycles. The molecule has 0 atom stereocenters. The highest BCUT2D eigenvalue weighted by atomic mass is 19.4. The van der Waals surface area contributed by atoms with Gasteiger partial charge in [0.25, 0.3) is 0 Å². The molecule has 0 amide bonds. The van der Waals surface area contributed by atoms with Gasteiger partial charge in [0.2, 0.25) is 0 Å². The number of carboxylic acid groups (broad SMARTS) is 1. The van der Waals surface area contributed by atoms with Gasteiger partial charge in [-0.3, -0.25) is 0 Å². The minimum Gasteiger partial charge on any atom is -0.478 e. The number of benzene rings is 1. The van der Waals surface area contributed by atoms with Crippen LogP contribution in [0.25, 0.3) is 10.9 Å². The topological polar surface area (TPSA) is 53.1 Å². The van der Waals surface area contributed by atoms with E-state index in [2.05, 4.69) is 0 Å². The summed E-state index contributed by atoms with van der Waals surface area (Å²) in [7, 11) is 0. The molecule has 0 aliphatic rings. The van der Waals surface area contributed by atoms with Gasteiger partial charge in [-0.2, -0.15) is 13.2 Å². The van der Waals surface area contributed by atoms with Crippen LogP contribution in [-0.2, 0) is 6.18 Å². The van der Waals surface area contributed by atoms with E-state index in [0.29, 0.717) is 0 Å². The van der Waals surface area contributed by atoms with Crippen LogP contribution in [0.4, 0.5) is 17.6 Å². The number of rotatable bonds is 1. The lowest BCUT2D eigenvalue weighted by Gasteiger charge is -2.04. The number of aromatic nitrogens is 1. The Hall–Kier alpha value is -2.05. The van der Waals surface area contributed by atoms with Crippen LogP contribution in [0.3, 0.4) is 0 Å². The number of carboxylic acids is 1. The van der Waals surface area contributed by atoms with E-state index in [1.807, 2.05) is 4.98 Å². The highest BCUT2D eigenvalue weighted by Gasteiger charge is 2.38. The van der Waals surface area contributed by atoms with E-state index in [4.69, 9.17) is 5.11 Å². The highest BCUT2D eigenvalue weighted by Crippen LogP contribution is 2.35. The zero-order valence-electron chi connectivity index (χ0n) is 8.10. The molecule has 1 aromatic carbocycles. The van der Waals surface area contributed by atoms with Crippen molar-refractivity contribution in [3.05, 3.63) is 35.3 Å². The Bertz CT molecular complexity index is 600. The molecular formula is C10H5F4NO2. The first-order chi connectivity index (χ1) is 7.80. The number of fused-ring (bicyclic) bond motifs is 1. The Balaban J connectivity index is 2.86. The van der Waals surface area contributed by atoms with E-state index in [-0.39, 0.29) is 10.9 Å². The molecule has 0 spiro atoms. The summed E-state index contributed by atoms with van der Waals surface area (Å²) >= 11 is 0. The molecule has 2 rings (SSSR count). The largest absolute Gasteiger partial charge is 0.478 e. The summed E-state index contributed by atoms with van der Waals surface area (Å²) in [5, 5.41) is 8.46. The van der Waals surface area contributed by atoms with Crippen LogP contribution >= 0.6 is 0 Å². The first-order valence-corrected chi connectivity index (χ1v) is 4.42. The van der Waals surface area contributed by atoms with Crippen LogP contribution < -0.4 is 0 Å². The fourth-order valence-electron chi connectivity index (χ4n) is 1.60. The number of hydrogen-bond acceptors (Lipinski definition) is 1. The number of aromatic carboxylic acids is 1. The monoisotopic (exact) mass is 247 g/mol. The quantitative estimate of drug-likeness (QED) is 0.761. The zero-order valence-corrected chi connectivity index (χ0v) is 8.10. The lowest BCUT2D eigenvalue weighted by molar-refractivity contribution is -0.141. The van der Waals surface area contributed by atoms with Crippen molar-refractivity contribution >= 4 is 16.9 Å². The fourth-order valence-corrected chi connectivity index (χ4v) is 1.60. The molecule has 1 aromatic heterocycles. The van der Waals surface area contributed by atoms with Gasteiger partial charge in [-0.25, -0.2) is 9.18 Å². The van der Waals surface area contributed by atoms with Crippen LogP contribution in [0.2, 0.25) is 0 Å². The summed E-state index contributed by atoms with van der Waals surface area (Å²) in [6, 6.07) is 2.77. The van der Waals surface area contributed by atoms with Crippen molar-refractivity contribution in [2.75, 3.05) is 0 Å². The summed E-state index contributed by atoms with van der Waals surface area (Å²) in [5.74, 6) is -2.55. The second kappa shape index (κ2) is 3.47. The third-order valence-electron chi connectivity index (χ3n) is 2.26. The van der Waals surface area contributed by atoms with Gasteiger partial charge in [0, 0.05) is 10.9 Å². The Morgan fingerprint density at radius 2 is 1.94 bits per heavy atom. The van der Waals surface area contributed by atoms with E-state index >= 15 is 0 Å². The second-order valence-electron chi connectivity index (χ2n) is 3.37. The van der Waals surface area contributed by atoms with Gasteiger partial charge in [0.1, 0.15) is 11.5 Å². The number of halogens is 4. The van der Waals surface area contributed by atoms with Gasteiger partial charge in [0.15, 0.2) is 0 Å². The Morgan fingerprint density at radius 3 is 2.47 bits per heavy atom. The molecule has 3 nitrogen and oxygen atoms in total. The first-order valence-electron chi connectivity index (χ1n) is 4.42. The SMILES string of the molecule is O=C(O)c1c(C(F)(F)F)[nH]c2ccc(F)cc12. The second-order valence-corrected chi connectivity index (χ2v) is 3.37. The molecule has 0 saturated carbocycles. The third-order valence-corrected chi connectivity index (χ3v) is 2.26. The smallest absolute Gasteiger partial charge is 0.432 e. The number of carbonyl (C=O) groups is 1. The molecule has 7 heteroatoms. The van der Waals surface area contributed by atoms with Crippen molar-refractivity contribution in [3.63, 3.8) is 0 Å². The molecule has 2 N–H and O–H groups in total. The predicted octanol–water partition coefficient (Wildman–Crippen LogP) is 3.02. The Labute approximate surface area is 91.7 Å². The summed E-state index contributed by atoms with van der Waals surface area (Å²) in [5.41, 5.74) is -2.42. The molecule has 0 radical (unpaired) electrons. The molecule has 2 aromatic rings. The highest BCUT2D eigenvalue weighted by molar-refractivity contribution is 6.04. The minimum atomic E-state index is -4.83. The normalized spacial score (nSPS) is 12.0. The molecule has 0 fully saturated rings. The van der Waals surface area contributed by atoms with Gasteiger partial charge in [-0.15, -0.1) is 0 Å². The molecule has 0 saturated heterocycles. The average molecular weight is 247 g/mol. The van der Waals surface area contributed by atoms with Gasteiger partial charge in [-0.05, 0) is 18.2 Å². The molecule has 0 unspecified atom stereocenters. The van der Waals surface area contributed by atoms with Crippen LogP contribution in [0.15, 0.2) is 18.2 Å². The van der Waals surface area contributed by atoms with Crippen molar-refractivity contribution in [1.29, 1.82) is 0 Å². The maximum absolute atomic E-state index is 12.9. The van der Waals surface area contributed by atoms with Crippen molar-refractivity contribution < 1.29 is 27.5 Å². The van der Waals surface area contributed by atoms with E-state index in [1.165, 1.54) is 0 Å². The third kappa shape index (κ3) is 1.83. The maximum Gasteiger partial charge on any atom is 0.432 e. The van der Waals surface area contributed by atoms with Crippen molar-refractivity contribution in [2.45, 2.75) is 6.18 Å². The van der Waals surface area contributed by atoms with Crippen molar-refractivity contribution in [2.24, 2.45) is 0 Å². The van der Waals surface area contributed by atoms with Crippen molar-refractivity contribution in [3.8, 4) is 0 Å². The van der Waals surface area contributed by atoms with Crippen LogP contribution in [0, 0.1) is 5.82 Å². The number of H-pyrrole nitrogens is 1. The summed E-state index contributed by atoms with van der Waals surface area (Å²) in [6.45, 7) is 0. The average Bonchev–Trinajstić information content (AvgIpc) is 2.55. The number of nitrogens with one attached hydrogen (secondary N) is 1. The van der Waals surface area contributed by atoms with E-state index in [1.54, 1.807) is 0 Å². The van der Waals surface area contributed by atoms with Crippen LogP contribution in [0.5, 0.6) is 0 Å². The first kappa shape index (κ1) is 11.4. The number of hydrogen-bond donors (Lipinski definition) is 2. The van der Waals surface area contributed by atoms with Gasteiger partial charge in [-0.1, -0.05) is 0 Å². The predicted molar refractivity (Wildman–Crippen MR) is 50.2 cm³/mol. The van der Waals surface area contributed by atoms with Gasteiger partial charge in [0.05, 0.1) is 5.56 Å². The van der Waals surface area contributed by atoms with Gasteiger partial charge < -0.3 is 10.1 Å². The van der Waals surface area contributed by atoms with Gasteiger partial charge >= 0.3 is 12.1 Å². The molecule has 0 bridgehead atoms. The Morgan fingerprint density at radius 1 is 1.29 bits per heavy atom. The fraction of sp³-hybridized carbons (Fsp3) is 0.100. The maximum atomic E-state index is 12.9. The van der Waals surface area contributed by atoms with Crippen molar-refractivity contribution in [1.82, 2.24) is 4.98 Å². The van der Waals surface area contributed by atoms with Crippen LogP contribution in [-0.4, -0.2) is 16.1 Å². The molecule has 17 heavy (non-hydrogen) atoms. The Kier molecular flexibility index (Phi) is 2.34. The summed E-state index contributed by atoms with van der Waals surface area (Å²) < 4.78 is 50.6. The lowest BCUT2D eigenvalue weighted by Crippen LogP contribution is -2.11. The number of alkyl halides is 3. The lowest BCUT2D eigenvalue weighted by atomic mass is 10.1.